The second-order valence-electron chi connectivity index (χ2n) is 5.65. The van der Waals surface area contributed by atoms with Crippen LogP contribution in [0.4, 0.5) is 5.00 Å². The molecule has 21 heavy (non-hydrogen) atoms. The number of hydrogen-bond acceptors (Lipinski definition) is 5. The highest BCUT2D eigenvalue weighted by atomic mass is 32.1. The van der Waals surface area contributed by atoms with Crippen molar-refractivity contribution >= 4 is 27.6 Å². The SMILES string of the molecule is CCCCn1c(=O)c2c(N)snc2n(C2CCCC2)c1=O. The van der Waals surface area contributed by atoms with Crippen molar-refractivity contribution < 1.29 is 0 Å². The summed E-state index contributed by atoms with van der Waals surface area (Å²) in [6.45, 7) is 2.49. The van der Waals surface area contributed by atoms with Gasteiger partial charge in [-0.15, -0.1) is 0 Å². The maximum Gasteiger partial charge on any atom is 0.332 e. The molecule has 7 heteroatoms. The Bertz CT molecular complexity index is 768. The fraction of sp³-hybridized carbons (Fsp3) is 0.643. The second kappa shape index (κ2) is 5.63. The van der Waals surface area contributed by atoms with Gasteiger partial charge in [0.05, 0.1) is 0 Å². The molecule has 0 spiro atoms. The molecule has 3 rings (SSSR count). The van der Waals surface area contributed by atoms with Crippen LogP contribution in [0, 0.1) is 0 Å². The minimum absolute atomic E-state index is 0.148. The third-order valence-corrected chi connectivity index (χ3v) is 4.91. The molecule has 0 bridgehead atoms. The molecule has 114 valence electrons. The zero-order chi connectivity index (χ0) is 15.0. The van der Waals surface area contributed by atoms with Gasteiger partial charge in [0.25, 0.3) is 5.56 Å². The van der Waals surface area contributed by atoms with Crippen LogP contribution in [0.15, 0.2) is 9.59 Å². The van der Waals surface area contributed by atoms with Crippen LogP contribution in [0.2, 0.25) is 0 Å². The highest BCUT2D eigenvalue weighted by Crippen LogP contribution is 2.31. The molecule has 2 aromatic rings. The van der Waals surface area contributed by atoms with Crippen LogP contribution < -0.4 is 17.0 Å². The molecule has 1 fully saturated rings. The van der Waals surface area contributed by atoms with E-state index < -0.39 is 0 Å². The Kier molecular flexibility index (Phi) is 3.84. The topological polar surface area (TPSA) is 82.9 Å². The predicted octanol–water partition coefficient (Wildman–Crippen LogP) is 2.12. The molecule has 2 heterocycles. The van der Waals surface area contributed by atoms with Gasteiger partial charge >= 0.3 is 5.69 Å². The van der Waals surface area contributed by atoms with Gasteiger partial charge in [-0.05, 0) is 30.8 Å². The number of nitrogens with two attached hydrogens (primary N) is 1. The van der Waals surface area contributed by atoms with E-state index in [4.69, 9.17) is 5.73 Å². The molecule has 0 unspecified atom stereocenters. The molecule has 6 nitrogen and oxygen atoms in total. The van der Waals surface area contributed by atoms with Crippen molar-refractivity contribution in [3.05, 3.63) is 20.8 Å². The number of unbranched alkanes of at least 4 members (excludes halogenated alkanes) is 1. The summed E-state index contributed by atoms with van der Waals surface area (Å²) < 4.78 is 7.33. The van der Waals surface area contributed by atoms with Crippen molar-refractivity contribution in [3.63, 3.8) is 0 Å². The van der Waals surface area contributed by atoms with E-state index in [0.717, 1.165) is 50.1 Å². The molecule has 2 aromatic heterocycles. The average Bonchev–Trinajstić information content (AvgIpc) is 3.10. The van der Waals surface area contributed by atoms with E-state index in [1.54, 1.807) is 4.57 Å². The second-order valence-corrected chi connectivity index (χ2v) is 6.45. The van der Waals surface area contributed by atoms with Crippen molar-refractivity contribution in [1.29, 1.82) is 0 Å². The minimum atomic E-state index is -0.288. The molecule has 1 saturated carbocycles. The van der Waals surface area contributed by atoms with E-state index in [-0.39, 0.29) is 17.3 Å². The summed E-state index contributed by atoms with van der Waals surface area (Å²) in [5, 5.41) is 0.828. The summed E-state index contributed by atoms with van der Waals surface area (Å²) in [7, 11) is 0. The number of fused-ring (bicyclic) bond motifs is 1. The van der Waals surface area contributed by atoms with E-state index in [1.807, 2.05) is 6.92 Å². The average molecular weight is 308 g/mol. The highest BCUT2D eigenvalue weighted by molar-refractivity contribution is 7.11. The number of hydrogen-bond donors (Lipinski definition) is 1. The Balaban J connectivity index is 2.29. The first kappa shape index (κ1) is 14.3. The lowest BCUT2D eigenvalue weighted by Gasteiger charge is -2.16. The summed E-state index contributed by atoms with van der Waals surface area (Å²) in [5.41, 5.74) is 5.89. The first-order valence-corrected chi connectivity index (χ1v) is 8.32. The third-order valence-electron chi connectivity index (χ3n) is 4.25. The van der Waals surface area contributed by atoms with Crippen molar-refractivity contribution in [3.8, 4) is 0 Å². The smallest absolute Gasteiger partial charge is 0.332 e. The predicted molar refractivity (Wildman–Crippen MR) is 85.0 cm³/mol. The maximum absolute atomic E-state index is 12.8. The van der Waals surface area contributed by atoms with Crippen molar-refractivity contribution in [2.24, 2.45) is 0 Å². The first-order valence-electron chi connectivity index (χ1n) is 7.55. The fourth-order valence-corrected chi connectivity index (χ4v) is 3.74. The Morgan fingerprint density at radius 1 is 1.33 bits per heavy atom. The first-order chi connectivity index (χ1) is 10.1. The highest BCUT2D eigenvalue weighted by Gasteiger charge is 2.25. The Morgan fingerprint density at radius 2 is 2.05 bits per heavy atom. The lowest BCUT2D eigenvalue weighted by molar-refractivity contribution is 0.469. The van der Waals surface area contributed by atoms with Crippen LogP contribution in [0.5, 0.6) is 0 Å². The summed E-state index contributed by atoms with van der Waals surface area (Å²) in [5.74, 6) is 0. The normalized spacial score (nSPS) is 16.0. The third kappa shape index (κ3) is 2.29. The lowest BCUT2D eigenvalue weighted by Crippen LogP contribution is -2.41. The number of rotatable bonds is 4. The quantitative estimate of drug-likeness (QED) is 0.937. The standard InChI is InChI=1S/C14H20N4O2S/c1-2-3-8-17-13(19)10-11(15)21-16-12(10)18(14(17)20)9-6-4-5-7-9/h9H,2-8,15H2,1H3. The van der Waals surface area contributed by atoms with Gasteiger partial charge in [-0.1, -0.05) is 26.2 Å². The zero-order valence-corrected chi connectivity index (χ0v) is 13.0. The van der Waals surface area contributed by atoms with Crippen LogP contribution >= 0.6 is 11.5 Å². The van der Waals surface area contributed by atoms with E-state index in [0.29, 0.717) is 22.6 Å². The molecule has 2 N–H and O–H groups in total. The van der Waals surface area contributed by atoms with Gasteiger partial charge in [-0.25, -0.2) is 4.79 Å². The monoisotopic (exact) mass is 308 g/mol. The number of anilines is 1. The fourth-order valence-electron chi connectivity index (χ4n) is 3.11. The summed E-state index contributed by atoms with van der Waals surface area (Å²) in [6, 6.07) is 0.148. The molecule has 0 saturated heterocycles. The van der Waals surface area contributed by atoms with Gasteiger partial charge in [0.1, 0.15) is 10.4 Å². The number of aromatic nitrogens is 3. The molecular formula is C14H20N4O2S. The van der Waals surface area contributed by atoms with E-state index in [1.165, 1.54) is 4.57 Å². The van der Waals surface area contributed by atoms with Crippen LogP contribution in [0.3, 0.4) is 0 Å². The number of nitrogens with zero attached hydrogens (tertiary/aromatic N) is 3. The van der Waals surface area contributed by atoms with Crippen LogP contribution in [0.25, 0.3) is 11.0 Å². The largest absolute Gasteiger partial charge is 0.389 e. The summed E-state index contributed by atoms with van der Waals surface area (Å²) in [4.78, 5) is 25.3. The molecule has 0 aromatic carbocycles. The van der Waals surface area contributed by atoms with Gasteiger partial charge < -0.3 is 5.73 Å². The summed E-state index contributed by atoms with van der Waals surface area (Å²) >= 11 is 1.10. The molecule has 0 atom stereocenters. The zero-order valence-electron chi connectivity index (χ0n) is 12.2. The van der Waals surface area contributed by atoms with E-state index in [2.05, 4.69) is 4.37 Å². The minimum Gasteiger partial charge on any atom is -0.389 e. The van der Waals surface area contributed by atoms with E-state index in [9.17, 15) is 9.59 Å². The molecule has 1 aliphatic rings. The van der Waals surface area contributed by atoms with Gasteiger partial charge in [0, 0.05) is 12.6 Å². The summed E-state index contributed by atoms with van der Waals surface area (Å²) in [6.07, 6.45) is 5.92. The Hall–Kier alpha value is -1.63. The Morgan fingerprint density at radius 3 is 2.71 bits per heavy atom. The van der Waals surface area contributed by atoms with E-state index >= 15 is 0 Å². The van der Waals surface area contributed by atoms with Crippen LogP contribution in [-0.4, -0.2) is 13.5 Å². The van der Waals surface area contributed by atoms with Gasteiger partial charge in [-0.2, -0.15) is 4.37 Å². The van der Waals surface area contributed by atoms with Gasteiger partial charge in [-0.3, -0.25) is 13.9 Å². The van der Waals surface area contributed by atoms with Crippen molar-refractivity contribution in [1.82, 2.24) is 13.5 Å². The maximum atomic E-state index is 12.8. The van der Waals surface area contributed by atoms with Crippen molar-refractivity contribution in [2.75, 3.05) is 5.73 Å². The van der Waals surface area contributed by atoms with Crippen LogP contribution in [-0.2, 0) is 6.54 Å². The molecular weight excluding hydrogens is 288 g/mol. The van der Waals surface area contributed by atoms with Gasteiger partial charge in [0.2, 0.25) is 0 Å². The molecule has 0 radical (unpaired) electrons. The molecule has 1 aliphatic carbocycles. The van der Waals surface area contributed by atoms with Crippen molar-refractivity contribution in [2.45, 2.75) is 58.0 Å². The molecule has 0 aliphatic heterocycles. The molecule has 0 amide bonds. The lowest BCUT2D eigenvalue weighted by atomic mass is 10.2. The Labute approximate surface area is 126 Å². The van der Waals surface area contributed by atoms with Crippen LogP contribution in [0.1, 0.15) is 51.5 Å². The van der Waals surface area contributed by atoms with Gasteiger partial charge in [0.15, 0.2) is 5.65 Å². The number of nitrogen functional groups attached to an aromatic ring is 1.